The van der Waals surface area contributed by atoms with Gasteiger partial charge in [0.15, 0.2) is 5.69 Å². The molecule has 100 valence electrons. The van der Waals surface area contributed by atoms with Crippen molar-refractivity contribution in [1.82, 2.24) is 9.78 Å². The fourth-order valence-electron chi connectivity index (χ4n) is 1.65. The SMILES string of the molecule is CC(=O)n1nc(-c2ccccc2)c(Br)c1C(F)(F)F. The first-order valence-electron chi connectivity index (χ1n) is 5.24. The topological polar surface area (TPSA) is 34.9 Å². The molecule has 0 N–H and O–H groups in total. The highest BCUT2D eigenvalue weighted by Crippen LogP contribution is 2.39. The fraction of sp³-hybridized carbons (Fsp3) is 0.167. The van der Waals surface area contributed by atoms with E-state index < -0.39 is 17.8 Å². The van der Waals surface area contributed by atoms with Gasteiger partial charge in [-0.05, 0) is 15.9 Å². The molecule has 0 aliphatic heterocycles. The Morgan fingerprint density at radius 1 is 1.26 bits per heavy atom. The summed E-state index contributed by atoms with van der Waals surface area (Å²) in [5.74, 6) is -0.796. The Kier molecular flexibility index (Phi) is 3.49. The van der Waals surface area contributed by atoms with Crippen LogP contribution in [0.25, 0.3) is 11.3 Å². The average molecular weight is 333 g/mol. The summed E-state index contributed by atoms with van der Waals surface area (Å²) in [7, 11) is 0. The number of aromatic nitrogens is 2. The zero-order chi connectivity index (χ0) is 14.2. The van der Waals surface area contributed by atoms with Gasteiger partial charge in [-0.3, -0.25) is 4.79 Å². The second kappa shape index (κ2) is 4.80. The molecule has 0 fully saturated rings. The highest BCUT2D eigenvalue weighted by Gasteiger charge is 2.40. The summed E-state index contributed by atoms with van der Waals surface area (Å²) in [6, 6.07) is 8.35. The van der Waals surface area contributed by atoms with Gasteiger partial charge in [0.1, 0.15) is 5.69 Å². The predicted molar refractivity (Wildman–Crippen MR) is 66.7 cm³/mol. The molecule has 0 spiro atoms. The Hall–Kier alpha value is -1.63. The number of halogens is 4. The van der Waals surface area contributed by atoms with Crippen LogP contribution in [-0.2, 0) is 6.18 Å². The smallest absolute Gasteiger partial charge is 0.273 e. The highest BCUT2D eigenvalue weighted by atomic mass is 79.9. The number of carbonyl (C=O) groups is 1. The molecule has 0 aliphatic carbocycles. The first-order chi connectivity index (χ1) is 8.82. The van der Waals surface area contributed by atoms with E-state index in [0.717, 1.165) is 6.92 Å². The van der Waals surface area contributed by atoms with Crippen LogP contribution in [0, 0.1) is 0 Å². The van der Waals surface area contributed by atoms with Gasteiger partial charge in [-0.2, -0.15) is 23.0 Å². The van der Waals surface area contributed by atoms with Gasteiger partial charge in [0.25, 0.3) is 0 Å². The Labute approximate surface area is 115 Å². The maximum Gasteiger partial charge on any atom is 0.434 e. The summed E-state index contributed by atoms with van der Waals surface area (Å²) in [6.45, 7) is 1.03. The van der Waals surface area contributed by atoms with Crippen LogP contribution in [0.4, 0.5) is 13.2 Å². The average Bonchev–Trinajstić information content (AvgIpc) is 2.68. The van der Waals surface area contributed by atoms with Crippen LogP contribution in [0.2, 0.25) is 0 Å². The van der Waals surface area contributed by atoms with E-state index in [4.69, 9.17) is 0 Å². The number of alkyl halides is 3. The summed E-state index contributed by atoms with van der Waals surface area (Å²) in [6.07, 6.45) is -4.66. The van der Waals surface area contributed by atoms with Crippen LogP contribution in [0.5, 0.6) is 0 Å². The van der Waals surface area contributed by atoms with Gasteiger partial charge in [-0.25, -0.2) is 0 Å². The lowest BCUT2D eigenvalue weighted by Gasteiger charge is -2.07. The Morgan fingerprint density at radius 3 is 2.26 bits per heavy atom. The molecule has 0 radical (unpaired) electrons. The lowest BCUT2D eigenvalue weighted by atomic mass is 10.1. The Bertz CT molecular complexity index is 620. The predicted octanol–water partition coefficient (Wildman–Crippen LogP) is 3.99. The molecule has 2 aromatic rings. The lowest BCUT2D eigenvalue weighted by Crippen LogP contribution is -2.19. The summed E-state index contributed by atoms with van der Waals surface area (Å²) < 4.78 is 39.0. The van der Waals surface area contributed by atoms with E-state index in [2.05, 4.69) is 21.0 Å². The van der Waals surface area contributed by atoms with Crippen LogP contribution in [0.1, 0.15) is 17.4 Å². The van der Waals surface area contributed by atoms with E-state index in [-0.39, 0.29) is 10.2 Å². The zero-order valence-corrected chi connectivity index (χ0v) is 11.3. The first kappa shape index (κ1) is 13.8. The second-order valence-electron chi connectivity index (χ2n) is 3.81. The number of benzene rings is 1. The molecule has 1 aromatic heterocycles. The lowest BCUT2D eigenvalue weighted by molar-refractivity contribution is -0.143. The minimum absolute atomic E-state index is 0.0862. The second-order valence-corrected chi connectivity index (χ2v) is 4.60. The largest absolute Gasteiger partial charge is 0.434 e. The van der Waals surface area contributed by atoms with Crippen molar-refractivity contribution in [3.05, 3.63) is 40.5 Å². The maximum atomic E-state index is 13.0. The van der Waals surface area contributed by atoms with Gasteiger partial charge in [-0.15, -0.1) is 0 Å². The molecule has 0 atom stereocenters. The number of nitrogens with zero attached hydrogens (tertiary/aromatic N) is 2. The molecular weight excluding hydrogens is 325 g/mol. The molecule has 0 saturated heterocycles. The first-order valence-corrected chi connectivity index (χ1v) is 6.03. The molecule has 7 heteroatoms. The van der Waals surface area contributed by atoms with Crippen molar-refractivity contribution in [2.45, 2.75) is 13.1 Å². The summed E-state index contributed by atoms with van der Waals surface area (Å²) in [5.41, 5.74) is -0.512. The van der Waals surface area contributed by atoms with Crippen LogP contribution in [0.3, 0.4) is 0 Å². The molecule has 0 amide bonds. The van der Waals surface area contributed by atoms with Gasteiger partial charge in [0.05, 0.1) is 4.47 Å². The fourth-order valence-corrected chi connectivity index (χ4v) is 2.35. The monoisotopic (exact) mass is 332 g/mol. The van der Waals surface area contributed by atoms with Gasteiger partial charge in [0.2, 0.25) is 5.91 Å². The van der Waals surface area contributed by atoms with Gasteiger partial charge < -0.3 is 0 Å². The summed E-state index contributed by atoms with van der Waals surface area (Å²) in [5, 5.41) is 3.75. The van der Waals surface area contributed by atoms with E-state index >= 15 is 0 Å². The molecule has 0 bridgehead atoms. The van der Waals surface area contributed by atoms with E-state index in [9.17, 15) is 18.0 Å². The molecule has 0 saturated carbocycles. The molecule has 0 aliphatic rings. The van der Waals surface area contributed by atoms with Crippen molar-refractivity contribution in [3.63, 3.8) is 0 Å². The highest BCUT2D eigenvalue weighted by molar-refractivity contribution is 9.10. The molecule has 3 nitrogen and oxygen atoms in total. The normalized spacial score (nSPS) is 11.6. The van der Waals surface area contributed by atoms with Crippen LogP contribution in [0.15, 0.2) is 34.8 Å². The van der Waals surface area contributed by atoms with E-state index in [0.29, 0.717) is 10.2 Å². The zero-order valence-electron chi connectivity index (χ0n) is 9.70. The van der Waals surface area contributed by atoms with E-state index in [1.54, 1.807) is 30.3 Å². The van der Waals surface area contributed by atoms with Gasteiger partial charge in [0, 0.05) is 12.5 Å². The Balaban J connectivity index is 2.70. The number of hydrogen-bond acceptors (Lipinski definition) is 2. The molecule has 19 heavy (non-hydrogen) atoms. The van der Waals surface area contributed by atoms with Crippen LogP contribution in [-0.4, -0.2) is 15.7 Å². The Morgan fingerprint density at radius 2 is 1.84 bits per heavy atom. The van der Waals surface area contributed by atoms with Crippen molar-refractivity contribution in [2.24, 2.45) is 0 Å². The van der Waals surface area contributed by atoms with Gasteiger partial charge in [-0.1, -0.05) is 30.3 Å². The van der Waals surface area contributed by atoms with Crippen molar-refractivity contribution in [1.29, 1.82) is 0 Å². The van der Waals surface area contributed by atoms with Crippen molar-refractivity contribution < 1.29 is 18.0 Å². The van der Waals surface area contributed by atoms with Crippen molar-refractivity contribution >= 4 is 21.8 Å². The van der Waals surface area contributed by atoms with Crippen molar-refractivity contribution in [2.75, 3.05) is 0 Å². The molecule has 0 unspecified atom stereocenters. The molecule has 1 aromatic carbocycles. The van der Waals surface area contributed by atoms with E-state index in [1.807, 2.05) is 0 Å². The maximum absolute atomic E-state index is 13.0. The van der Waals surface area contributed by atoms with Crippen LogP contribution < -0.4 is 0 Å². The number of rotatable bonds is 1. The number of hydrogen-bond donors (Lipinski definition) is 0. The van der Waals surface area contributed by atoms with Crippen molar-refractivity contribution in [3.8, 4) is 11.3 Å². The third-order valence-electron chi connectivity index (χ3n) is 2.44. The summed E-state index contributed by atoms with van der Waals surface area (Å²) >= 11 is 2.89. The molecular formula is C12H8BrF3N2O. The standard InChI is InChI=1S/C12H8BrF3N2O/c1-7(19)18-11(12(14,15)16)9(13)10(17-18)8-5-3-2-4-6-8/h2-6H,1H3. The minimum Gasteiger partial charge on any atom is -0.273 e. The number of carbonyl (C=O) groups excluding carboxylic acids is 1. The quantitative estimate of drug-likeness (QED) is 0.791. The third-order valence-corrected chi connectivity index (χ3v) is 3.19. The van der Waals surface area contributed by atoms with E-state index in [1.165, 1.54) is 0 Å². The minimum atomic E-state index is -4.66. The molecule has 2 rings (SSSR count). The molecule has 1 heterocycles. The summed E-state index contributed by atoms with van der Waals surface area (Å²) in [4.78, 5) is 11.3. The van der Waals surface area contributed by atoms with Crippen LogP contribution >= 0.6 is 15.9 Å². The third kappa shape index (κ3) is 2.56. The van der Waals surface area contributed by atoms with Gasteiger partial charge >= 0.3 is 6.18 Å².